The van der Waals surface area contributed by atoms with E-state index in [-0.39, 0.29) is 0 Å². The Morgan fingerprint density at radius 2 is 1.75 bits per heavy atom. The number of hydrogen-bond acceptors (Lipinski definition) is 2. The highest BCUT2D eigenvalue weighted by Crippen LogP contribution is 2.51. The summed E-state index contributed by atoms with van der Waals surface area (Å²) in [5, 5.41) is 1.17. The van der Waals surface area contributed by atoms with Gasteiger partial charge in [-0.1, -0.05) is 25.0 Å². The molecule has 0 aliphatic heterocycles. The van der Waals surface area contributed by atoms with Gasteiger partial charge in [-0.15, -0.1) is 0 Å². The second kappa shape index (κ2) is 10.0. The van der Waals surface area contributed by atoms with Crippen molar-refractivity contribution in [1.29, 1.82) is 0 Å². The summed E-state index contributed by atoms with van der Waals surface area (Å²) in [4.78, 5) is 19.9. The van der Waals surface area contributed by atoms with Crippen LogP contribution in [0.15, 0.2) is 55.0 Å². The van der Waals surface area contributed by atoms with Crippen molar-refractivity contribution in [3.63, 3.8) is 0 Å². The normalized spacial score (nSPS) is 24.8. The maximum Gasteiger partial charge on any atom is 0.162 e. The Labute approximate surface area is 192 Å². The van der Waals surface area contributed by atoms with Gasteiger partial charge in [0, 0.05) is 36.1 Å². The smallest absolute Gasteiger partial charge is 0.162 e. The van der Waals surface area contributed by atoms with Gasteiger partial charge in [0.1, 0.15) is 0 Å². The minimum Gasteiger partial charge on any atom is -0.361 e. The fraction of sp³-hybridized carbons (Fsp3) is 0.517. The van der Waals surface area contributed by atoms with Crippen LogP contribution in [0, 0.1) is 23.7 Å². The zero-order valence-electron chi connectivity index (χ0n) is 19.1. The number of hydrogen-bond donors (Lipinski definition) is 1. The van der Waals surface area contributed by atoms with E-state index >= 15 is 0 Å². The summed E-state index contributed by atoms with van der Waals surface area (Å²) in [6.07, 6.45) is 19.7. The van der Waals surface area contributed by atoms with Crippen LogP contribution in [0.5, 0.6) is 0 Å². The lowest BCUT2D eigenvalue weighted by molar-refractivity contribution is 0.0976. The third kappa shape index (κ3) is 4.98. The van der Waals surface area contributed by atoms with Gasteiger partial charge < -0.3 is 4.98 Å². The van der Waals surface area contributed by atoms with Crippen molar-refractivity contribution in [3.05, 3.63) is 66.1 Å². The van der Waals surface area contributed by atoms with E-state index in [1.165, 1.54) is 68.7 Å². The highest BCUT2D eigenvalue weighted by atomic mass is 16.1. The van der Waals surface area contributed by atoms with Crippen LogP contribution in [0.2, 0.25) is 0 Å². The molecule has 2 heterocycles. The summed E-state index contributed by atoms with van der Waals surface area (Å²) in [5.74, 6) is 4.09. The predicted octanol–water partition coefficient (Wildman–Crippen LogP) is 7.38. The standard InChI is InChI=1S/C29H36N2O/c32-29(26-11-8-23-14-17-31-28(23)20-26)7-2-1-4-22-18-24-9-10-25(19-22)27(24)6-3-5-21-12-15-30-16-13-21/h8,11-17,20,22,24-25,27,31H,1-7,9-10,18-19H2/t22?,24-,25+,27?. The number of fused-ring (bicyclic) bond motifs is 3. The molecule has 2 bridgehead atoms. The molecule has 0 radical (unpaired) electrons. The van der Waals surface area contributed by atoms with Gasteiger partial charge in [0.2, 0.25) is 0 Å². The number of pyridine rings is 1. The quantitative estimate of drug-likeness (QED) is 0.270. The van der Waals surface area contributed by atoms with Crippen LogP contribution in [-0.4, -0.2) is 15.8 Å². The molecule has 32 heavy (non-hydrogen) atoms. The minimum atomic E-state index is 0.291. The lowest BCUT2D eigenvalue weighted by atomic mass is 9.70. The summed E-state index contributed by atoms with van der Waals surface area (Å²) in [7, 11) is 0. The van der Waals surface area contributed by atoms with E-state index in [4.69, 9.17) is 0 Å². The summed E-state index contributed by atoms with van der Waals surface area (Å²) in [5.41, 5.74) is 3.34. The van der Waals surface area contributed by atoms with Crippen LogP contribution in [-0.2, 0) is 6.42 Å². The molecular formula is C29H36N2O. The SMILES string of the molecule is O=C(CCCCC1C[C@H]2CC[C@@H](C1)C2CCCc1ccncc1)c1ccc2cc[nH]c2c1. The van der Waals surface area contributed by atoms with Crippen molar-refractivity contribution in [3.8, 4) is 0 Å². The third-order valence-corrected chi connectivity index (χ3v) is 8.29. The molecule has 2 fully saturated rings. The second-order valence-electron chi connectivity index (χ2n) is 10.3. The molecule has 3 heteroatoms. The van der Waals surface area contributed by atoms with Crippen molar-refractivity contribution in [2.24, 2.45) is 23.7 Å². The molecule has 2 unspecified atom stereocenters. The lowest BCUT2D eigenvalue weighted by Crippen LogP contribution is -2.26. The molecule has 3 aromatic rings. The van der Waals surface area contributed by atoms with Crippen molar-refractivity contribution in [1.82, 2.24) is 9.97 Å². The molecule has 4 atom stereocenters. The van der Waals surface area contributed by atoms with Gasteiger partial charge >= 0.3 is 0 Å². The molecule has 3 nitrogen and oxygen atoms in total. The van der Waals surface area contributed by atoms with Crippen LogP contribution in [0.25, 0.3) is 10.9 Å². The first-order valence-electron chi connectivity index (χ1n) is 12.8. The first-order valence-corrected chi connectivity index (χ1v) is 12.8. The summed E-state index contributed by atoms with van der Waals surface area (Å²) >= 11 is 0. The van der Waals surface area contributed by atoms with Crippen molar-refractivity contribution in [2.75, 3.05) is 0 Å². The number of aryl methyl sites for hydroxylation is 1. The molecule has 5 rings (SSSR count). The topological polar surface area (TPSA) is 45.8 Å². The average Bonchev–Trinajstić information content (AvgIpc) is 3.38. The van der Waals surface area contributed by atoms with Crippen LogP contribution >= 0.6 is 0 Å². The van der Waals surface area contributed by atoms with E-state index in [1.807, 2.05) is 42.9 Å². The van der Waals surface area contributed by atoms with Crippen LogP contribution in [0.1, 0.15) is 80.1 Å². The van der Waals surface area contributed by atoms with Gasteiger partial charge in [-0.2, -0.15) is 0 Å². The molecule has 2 aliphatic rings. The van der Waals surface area contributed by atoms with E-state index in [9.17, 15) is 4.79 Å². The Morgan fingerprint density at radius 3 is 2.56 bits per heavy atom. The van der Waals surface area contributed by atoms with E-state index in [0.29, 0.717) is 12.2 Å². The van der Waals surface area contributed by atoms with Crippen LogP contribution in [0.4, 0.5) is 0 Å². The Morgan fingerprint density at radius 1 is 0.938 bits per heavy atom. The number of aromatic nitrogens is 2. The summed E-state index contributed by atoms with van der Waals surface area (Å²) in [6, 6.07) is 12.4. The molecule has 1 N–H and O–H groups in total. The minimum absolute atomic E-state index is 0.291. The third-order valence-electron chi connectivity index (χ3n) is 8.29. The Bertz CT molecular complexity index is 1010. The number of carbonyl (C=O) groups is 1. The molecular weight excluding hydrogens is 392 g/mol. The number of unbranched alkanes of at least 4 members (excludes halogenated alkanes) is 1. The van der Waals surface area contributed by atoms with Crippen LogP contribution in [0.3, 0.4) is 0 Å². The van der Waals surface area contributed by atoms with E-state index in [0.717, 1.165) is 41.2 Å². The maximum absolute atomic E-state index is 12.6. The first-order chi connectivity index (χ1) is 15.8. The largest absolute Gasteiger partial charge is 0.361 e. The molecule has 2 aliphatic carbocycles. The van der Waals surface area contributed by atoms with Gasteiger partial charge in [0.05, 0.1) is 0 Å². The highest BCUT2D eigenvalue weighted by Gasteiger charge is 2.41. The fourth-order valence-corrected chi connectivity index (χ4v) is 6.66. The predicted molar refractivity (Wildman–Crippen MR) is 131 cm³/mol. The molecule has 1 aromatic carbocycles. The average molecular weight is 429 g/mol. The van der Waals surface area contributed by atoms with E-state index < -0.39 is 0 Å². The van der Waals surface area contributed by atoms with Gasteiger partial charge in [0.15, 0.2) is 5.78 Å². The van der Waals surface area contributed by atoms with Crippen molar-refractivity contribution in [2.45, 2.75) is 70.6 Å². The van der Waals surface area contributed by atoms with Crippen molar-refractivity contribution < 1.29 is 4.79 Å². The number of ketones is 1. The van der Waals surface area contributed by atoms with Crippen LogP contribution < -0.4 is 0 Å². The Hall–Kier alpha value is -2.42. The molecule has 168 valence electrons. The van der Waals surface area contributed by atoms with Gasteiger partial charge in [-0.05, 0) is 110 Å². The van der Waals surface area contributed by atoms with E-state index in [1.54, 1.807) is 0 Å². The van der Waals surface area contributed by atoms with Gasteiger partial charge in [0.25, 0.3) is 0 Å². The summed E-state index contributed by atoms with van der Waals surface area (Å²) in [6.45, 7) is 0. The van der Waals surface area contributed by atoms with Gasteiger partial charge in [-0.3, -0.25) is 9.78 Å². The fourth-order valence-electron chi connectivity index (χ4n) is 6.66. The highest BCUT2D eigenvalue weighted by molar-refractivity contribution is 5.99. The van der Waals surface area contributed by atoms with E-state index in [2.05, 4.69) is 22.1 Å². The molecule has 2 saturated carbocycles. The Kier molecular flexibility index (Phi) is 6.71. The number of aromatic amines is 1. The maximum atomic E-state index is 12.6. The second-order valence-corrected chi connectivity index (χ2v) is 10.3. The number of carbonyl (C=O) groups excluding carboxylic acids is 1. The number of benzene rings is 1. The number of H-pyrrole nitrogens is 1. The zero-order valence-corrected chi connectivity index (χ0v) is 19.1. The monoisotopic (exact) mass is 428 g/mol. The number of rotatable bonds is 10. The first kappa shape index (κ1) is 21.4. The lowest BCUT2D eigenvalue weighted by Gasteiger charge is -2.35. The van der Waals surface area contributed by atoms with Gasteiger partial charge in [-0.25, -0.2) is 0 Å². The molecule has 0 amide bonds. The number of Topliss-reactive ketones (excluding diaryl/α,β-unsaturated/α-hetero) is 1. The van der Waals surface area contributed by atoms with Crippen molar-refractivity contribution >= 4 is 16.7 Å². The molecule has 0 saturated heterocycles. The summed E-state index contributed by atoms with van der Waals surface area (Å²) < 4.78 is 0. The number of nitrogens with zero attached hydrogens (tertiary/aromatic N) is 1. The zero-order chi connectivity index (χ0) is 21.8. The Balaban J connectivity index is 1.02. The molecule has 0 spiro atoms. The molecule has 2 aromatic heterocycles. The number of nitrogens with one attached hydrogen (secondary N) is 1.